The van der Waals surface area contributed by atoms with Gasteiger partial charge in [0.15, 0.2) is 6.10 Å². The minimum absolute atomic E-state index is 0.237. The second-order valence-electron chi connectivity index (χ2n) is 5.31. The molecule has 0 saturated heterocycles. The first-order valence-corrected chi connectivity index (χ1v) is 7.55. The Kier molecular flexibility index (Phi) is 6.16. The molecule has 0 aromatic heterocycles. The van der Waals surface area contributed by atoms with Crippen molar-refractivity contribution in [3.63, 3.8) is 0 Å². The van der Waals surface area contributed by atoms with E-state index in [2.05, 4.69) is 5.32 Å². The van der Waals surface area contributed by atoms with E-state index in [9.17, 15) is 22.8 Å². The summed E-state index contributed by atoms with van der Waals surface area (Å²) in [6, 6.07) is 8.76. The van der Waals surface area contributed by atoms with Crippen LogP contribution in [0, 0.1) is 17.5 Å². The van der Waals surface area contributed by atoms with Gasteiger partial charge in [0.25, 0.3) is 5.91 Å². The van der Waals surface area contributed by atoms with Crippen LogP contribution < -0.4 is 5.32 Å². The summed E-state index contributed by atoms with van der Waals surface area (Å²) in [5.74, 6) is -4.33. The molecule has 0 saturated carbocycles. The number of carbonyl (C=O) groups excluding carboxylic acids is 2. The van der Waals surface area contributed by atoms with E-state index in [-0.39, 0.29) is 12.4 Å². The van der Waals surface area contributed by atoms with Crippen molar-refractivity contribution in [3.8, 4) is 0 Å². The van der Waals surface area contributed by atoms with Crippen LogP contribution in [-0.4, -0.2) is 24.5 Å². The molecule has 0 radical (unpaired) electrons. The van der Waals surface area contributed by atoms with Crippen LogP contribution in [0.5, 0.6) is 0 Å². The van der Waals surface area contributed by atoms with Gasteiger partial charge in [0, 0.05) is 6.54 Å². The highest BCUT2D eigenvalue weighted by atomic mass is 19.1. The lowest BCUT2D eigenvalue weighted by Crippen LogP contribution is -2.37. The van der Waals surface area contributed by atoms with Gasteiger partial charge >= 0.3 is 5.97 Å². The minimum Gasteiger partial charge on any atom is -0.449 e. The van der Waals surface area contributed by atoms with Crippen LogP contribution in [0.1, 0.15) is 22.8 Å². The van der Waals surface area contributed by atoms with Gasteiger partial charge < -0.3 is 10.1 Å². The average Bonchev–Trinajstić information content (AvgIpc) is 2.56. The molecule has 0 spiro atoms. The lowest BCUT2D eigenvalue weighted by Gasteiger charge is -2.14. The zero-order valence-corrected chi connectivity index (χ0v) is 13.4. The van der Waals surface area contributed by atoms with E-state index in [4.69, 9.17) is 4.74 Å². The van der Waals surface area contributed by atoms with Crippen molar-refractivity contribution in [1.29, 1.82) is 0 Å². The first kappa shape index (κ1) is 18.5. The van der Waals surface area contributed by atoms with Crippen LogP contribution in [-0.2, 0) is 16.0 Å². The third kappa shape index (κ3) is 5.07. The molecule has 25 heavy (non-hydrogen) atoms. The lowest BCUT2D eigenvalue weighted by atomic mass is 10.1. The molecular weight excluding hydrogens is 335 g/mol. The Morgan fingerprint density at radius 2 is 1.64 bits per heavy atom. The van der Waals surface area contributed by atoms with E-state index < -0.39 is 35.2 Å². The van der Waals surface area contributed by atoms with Gasteiger partial charge in [0.05, 0.1) is 0 Å². The summed E-state index contributed by atoms with van der Waals surface area (Å²) >= 11 is 0. The molecule has 0 heterocycles. The number of carbonyl (C=O) groups is 2. The third-order valence-corrected chi connectivity index (χ3v) is 3.45. The highest BCUT2D eigenvalue weighted by Crippen LogP contribution is 2.14. The van der Waals surface area contributed by atoms with Crippen molar-refractivity contribution in [1.82, 2.24) is 5.32 Å². The largest absolute Gasteiger partial charge is 0.449 e. The van der Waals surface area contributed by atoms with E-state index in [1.807, 2.05) is 0 Å². The molecule has 0 bridgehead atoms. The molecule has 2 aromatic carbocycles. The van der Waals surface area contributed by atoms with Crippen LogP contribution in [0.15, 0.2) is 42.5 Å². The predicted octanol–water partition coefficient (Wildman–Crippen LogP) is 3.01. The Bertz CT molecular complexity index is 742. The van der Waals surface area contributed by atoms with E-state index in [1.165, 1.54) is 19.1 Å². The van der Waals surface area contributed by atoms with Crippen molar-refractivity contribution in [2.24, 2.45) is 0 Å². The van der Waals surface area contributed by atoms with Crippen LogP contribution in [0.2, 0.25) is 0 Å². The lowest BCUT2D eigenvalue weighted by molar-refractivity contribution is -0.129. The van der Waals surface area contributed by atoms with Crippen molar-refractivity contribution in [2.45, 2.75) is 19.4 Å². The number of hydrogen-bond acceptors (Lipinski definition) is 3. The fourth-order valence-electron chi connectivity index (χ4n) is 2.09. The maximum Gasteiger partial charge on any atom is 0.344 e. The van der Waals surface area contributed by atoms with Gasteiger partial charge in [0.2, 0.25) is 0 Å². The normalized spacial score (nSPS) is 11.7. The molecule has 2 aromatic rings. The second kappa shape index (κ2) is 8.32. The number of benzene rings is 2. The standard InChI is InChI=1S/C18H16F3NO3/c1-11(25-18(24)16-14(20)3-2-4-15(16)21)17(23)22-10-9-12-5-7-13(19)8-6-12/h2-8,11H,9-10H2,1H3,(H,22,23)/t11-/m1/s1. The molecule has 0 aliphatic heterocycles. The van der Waals surface area contributed by atoms with Gasteiger partial charge in [-0.25, -0.2) is 18.0 Å². The minimum atomic E-state index is -1.25. The Hall–Kier alpha value is -2.83. The number of hydrogen-bond donors (Lipinski definition) is 1. The summed E-state index contributed by atoms with van der Waals surface area (Å²) in [6.45, 7) is 1.53. The summed E-state index contributed by atoms with van der Waals surface area (Å²) < 4.78 is 44.6. The molecule has 0 unspecified atom stereocenters. The van der Waals surface area contributed by atoms with E-state index in [0.717, 1.165) is 23.8 Å². The Balaban J connectivity index is 1.85. The molecule has 0 aliphatic carbocycles. The van der Waals surface area contributed by atoms with Crippen molar-refractivity contribution >= 4 is 11.9 Å². The number of esters is 1. The quantitative estimate of drug-likeness (QED) is 0.814. The first-order valence-electron chi connectivity index (χ1n) is 7.55. The first-order chi connectivity index (χ1) is 11.9. The molecule has 0 aliphatic rings. The average molecular weight is 351 g/mol. The molecular formula is C18H16F3NO3. The summed E-state index contributed by atoms with van der Waals surface area (Å²) in [6.07, 6.45) is -0.769. The Morgan fingerprint density at radius 1 is 1.04 bits per heavy atom. The van der Waals surface area contributed by atoms with Gasteiger partial charge in [-0.3, -0.25) is 4.79 Å². The van der Waals surface area contributed by atoms with Gasteiger partial charge in [-0.1, -0.05) is 18.2 Å². The van der Waals surface area contributed by atoms with Crippen LogP contribution in [0.3, 0.4) is 0 Å². The predicted molar refractivity (Wildman–Crippen MR) is 84.3 cm³/mol. The fourth-order valence-corrected chi connectivity index (χ4v) is 2.09. The number of nitrogens with one attached hydrogen (secondary N) is 1. The van der Waals surface area contributed by atoms with Gasteiger partial charge in [-0.15, -0.1) is 0 Å². The molecule has 1 amide bonds. The van der Waals surface area contributed by atoms with Gasteiger partial charge in [-0.05, 0) is 43.2 Å². The molecule has 132 valence electrons. The van der Waals surface area contributed by atoms with Crippen LogP contribution in [0.25, 0.3) is 0 Å². The highest BCUT2D eigenvalue weighted by molar-refractivity contribution is 5.92. The topological polar surface area (TPSA) is 55.4 Å². The molecule has 0 fully saturated rings. The van der Waals surface area contributed by atoms with E-state index in [0.29, 0.717) is 6.42 Å². The smallest absolute Gasteiger partial charge is 0.344 e. The van der Waals surface area contributed by atoms with Crippen LogP contribution >= 0.6 is 0 Å². The summed E-state index contributed by atoms with van der Waals surface area (Å²) in [5.41, 5.74) is -0.0202. The number of halogens is 3. The summed E-state index contributed by atoms with van der Waals surface area (Å²) in [7, 11) is 0. The number of amides is 1. The van der Waals surface area contributed by atoms with Crippen molar-refractivity contribution < 1.29 is 27.5 Å². The Labute approximate surface area is 142 Å². The zero-order chi connectivity index (χ0) is 18.4. The number of ether oxygens (including phenoxy) is 1. The molecule has 4 nitrogen and oxygen atoms in total. The van der Waals surface area contributed by atoms with Crippen molar-refractivity contribution in [3.05, 3.63) is 71.0 Å². The fraction of sp³-hybridized carbons (Fsp3) is 0.222. The van der Waals surface area contributed by atoms with Gasteiger partial charge in [-0.2, -0.15) is 0 Å². The zero-order valence-electron chi connectivity index (χ0n) is 13.4. The third-order valence-electron chi connectivity index (χ3n) is 3.45. The SMILES string of the molecule is C[C@@H](OC(=O)c1c(F)cccc1F)C(=O)NCCc1ccc(F)cc1. The van der Waals surface area contributed by atoms with Crippen LogP contribution in [0.4, 0.5) is 13.2 Å². The number of rotatable bonds is 6. The Morgan fingerprint density at radius 3 is 2.24 bits per heavy atom. The monoisotopic (exact) mass is 351 g/mol. The van der Waals surface area contributed by atoms with Crippen molar-refractivity contribution in [2.75, 3.05) is 6.54 Å². The van der Waals surface area contributed by atoms with E-state index >= 15 is 0 Å². The molecule has 7 heteroatoms. The van der Waals surface area contributed by atoms with Gasteiger partial charge in [0.1, 0.15) is 23.0 Å². The maximum atomic E-state index is 13.5. The summed E-state index contributed by atoms with van der Waals surface area (Å²) in [4.78, 5) is 23.7. The maximum absolute atomic E-state index is 13.5. The van der Waals surface area contributed by atoms with E-state index in [1.54, 1.807) is 12.1 Å². The second-order valence-corrected chi connectivity index (χ2v) is 5.31. The summed E-state index contributed by atoms with van der Waals surface area (Å²) in [5, 5.41) is 2.53. The molecule has 2 rings (SSSR count). The molecule has 1 N–H and O–H groups in total. The highest BCUT2D eigenvalue weighted by Gasteiger charge is 2.23. The molecule has 1 atom stereocenters.